The van der Waals surface area contributed by atoms with Crippen molar-refractivity contribution in [1.29, 1.82) is 0 Å². The second-order valence-corrected chi connectivity index (χ2v) is 4.86. The summed E-state index contributed by atoms with van der Waals surface area (Å²) >= 11 is 0. The zero-order valence-electron chi connectivity index (χ0n) is 12.4. The third-order valence-corrected chi connectivity index (χ3v) is 3.51. The number of aromatic nitrogens is 2. The van der Waals surface area contributed by atoms with Gasteiger partial charge in [0.25, 0.3) is 0 Å². The van der Waals surface area contributed by atoms with Crippen molar-refractivity contribution in [2.75, 3.05) is 13.7 Å². The van der Waals surface area contributed by atoms with Crippen molar-refractivity contribution in [1.82, 2.24) is 15.1 Å². The molecule has 104 valence electrons. The first-order valence-electron chi connectivity index (χ1n) is 6.94. The zero-order chi connectivity index (χ0) is 13.6. The molecule has 1 aromatic rings. The second-order valence-electron chi connectivity index (χ2n) is 4.86. The molecule has 1 rings (SSSR count). The molecule has 0 aliphatic rings. The van der Waals surface area contributed by atoms with Gasteiger partial charge < -0.3 is 10.1 Å². The maximum atomic E-state index is 5.96. The average Bonchev–Trinajstić information content (AvgIpc) is 2.79. The van der Waals surface area contributed by atoms with Crippen LogP contribution in [0.2, 0.25) is 0 Å². The molecule has 0 radical (unpaired) electrons. The van der Waals surface area contributed by atoms with E-state index in [1.54, 1.807) is 0 Å². The molecule has 2 unspecified atom stereocenters. The summed E-state index contributed by atoms with van der Waals surface area (Å²) in [5.41, 5.74) is 1.01. The Bertz CT molecular complexity index is 351. The minimum absolute atomic E-state index is 0.174. The predicted octanol–water partition coefficient (Wildman–Crippen LogP) is 2.76. The summed E-state index contributed by atoms with van der Waals surface area (Å²) in [6.07, 6.45) is 6.13. The summed E-state index contributed by atoms with van der Waals surface area (Å²) in [5.74, 6) is 0. The molecule has 1 heterocycles. The van der Waals surface area contributed by atoms with Gasteiger partial charge in [-0.3, -0.25) is 4.68 Å². The van der Waals surface area contributed by atoms with Crippen LogP contribution in [0.1, 0.15) is 52.1 Å². The number of likely N-dealkylation sites (N-methyl/N-ethyl adjacent to an activating group) is 1. The van der Waals surface area contributed by atoms with Crippen LogP contribution in [0.4, 0.5) is 0 Å². The van der Waals surface area contributed by atoms with Gasteiger partial charge in [-0.25, -0.2) is 0 Å². The third-order valence-electron chi connectivity index (χ3n) is 3.51. The summed E-state index contributed by atoms with van der Waals surface area (Å²) in [4.78, 5) is 0. The molecule has 0 aromatic carbocycles. The Morgan fingerprint density at radius 1 is 1.44 bits per heavy atom. The lowest BCUT2D eigenvalue weighted by atomic mass is 9.89. The molecule has 1 aromatic heterocycles. The average molecular weight is 253 g/mol. The van der Waals surface area contributed by atoms with E-state index in [1.807, 2.05) is 24.9 Å². The number of hydrogen-bond acceptors (Lipinski definition) is 3. The molecule has 4 nitrogen and oxygen atoms in total. The van der Waals surface area contributed by atoms with Crippen LogP contribution in [-0.4, -0.2) is 29.0 Å². The molecule has 2 atom stereocenters. The van der Waals surface area contributed by atoms with Crippen molar-refractivity contribution in [2.24, 2.45) is 0 Å². The highest BCUT2D eigenvalue weighted by Crippen LogP contribution is 2.31. The summed E-state index contributed by atoms with van der Waals surface area (Å²) in [5, 5.41) is 7.78. The van der Waals surface area contributed by atoms with Gasteiger partial charge in [0, 0.05) is 24.9 Å². The minimum Gasteiger partial charge on any atom is -0.374 e. The van der Waals surface area contributed by atoms with E-state index in [9.17, 15) is 0 Å². The standard InChI is InChI=1S/C14H27N3O/c1-6-9-17-11-12(10-16-17)13(15-5)14(4,7-2)18-8-3/h10-11,13,15H,6-9H2,1-5H3. The summed E-state index contributed by atoms with van der Waals surface area (Å²) in [6, 6.07) is 0.174. The molecule has 0 saturated heterocycles. The van der Waals surface area contributed by atoms with Gasteiger partial charge in [0.2, 0.25) is 0 Å². The highest BCUT2D eigenvalue weighted by Gasteiger charge is 2.34. The van der Waals surface area contributed by atoms with Crippen LogP contribution < -0.4 is 5.32 Å². The van der Waals surface area contributed by atoms with Crippen LogP contribution >= 0.6 is 0 Å². The van der Waals surface area contributed by atoms with Crippen LogP contribution in [0.25, 0.3) is 0 Å². The molecule has 18 heavy (non-hydrogen) atoms. The Kier molecular flexibility index (Phi) is 5.82. The van der Waals surface area contributed by atoms with Gasteiger partial charge in [0.1, 0.15) is 0 Å². The maximum absolute atomic E-state index is 5.96. The Balaban J connectivity index is 2.92. The van der Waals surface area contributed by atoms with Crippen LogP contribution in [0.5, 0.6) is 0 Å². The predicted molar refractivity (Wildman–Crippen MR) is 74.6 cm³/mol. The Labute approximate surface area is 111 Å². The topological polar surface area (TPSA) is 39.1 Å². The summed E-state index contributed by atoms with van der Waals surface area (Å²) < 4.78 is 7.96. The van der Waals surface area contributed by atoms with Gasteiger partial charge in [-0.05, 0) is 33.7 Å². The van der Waals surface area contributed by atoms with Crippen LogP contribution in [0, 0.1) is 0 Å². The summed E-state index contributed by atoms with van der Waals surface area (Å²) in [7, 11) is 1.98. The maximum Gasteiger partial charge on any atom is 0.0846 e. The monoisotopic (exact) mass is 253 g/mol. The molecule has 1 N–H and O–H groups in total. The zero-order valence-corrected chi connectivity index (χ0v) is 12.4. The van der Waals surface area contributed by atoms with E-state index in [-0.39, 0.29) is 11.6 Å². The highest BCUT2D eigenvalue weighted by atomic mass is 16.5. The lowest BCUT2D eigenvalue weighted by molar-refractivity contribution is -0.0547. The van der Waals surface area contributed by atoms with Gasteiger partial charge in [0.05, 0.1) is 17.8 Å². The van der Waals surface area contributed by atoms with Gasteiger partial charge in [0.15, 0.2) is 0 Å². The fraction of sp³-hybridized carbons (Fsp3) is 0.786. The summed E-state index contributed by atoms with van der Waals surface area (Å²) in [6.45, 7) is 10.2. The van der Waals surface area contributed by atoms with E-state index in [2.05, 4.69) is 37.4 Å². The first kappa shape index (κ1) is 15.2. The number of nitrogens with one attached hydrogen (secondary N) is 1. The van der Waals surface area contributed by atoms with E-state index in [4.69, 9.17) is 4.74 Å². The molecule has 0 amide bonds. The van der Waals surface area contributed by atoms with Crippen LogP contribution in [0.15, 0.2) is 12.4 Å². The van der Waals surface area contributed by atoms with E-state index in [0.717, 1.165) is 26.0 Å². The van der Waals surface area contributed by atoms with Crippen molar-refractivity contribution in [2.45, 2.75) is 58.7 Å². The van der Waals surface area contributed by atoms with Crippen molar-refractivity contribution in [3.8, 4) is 0 Å². The van der Waals surface area contributed by atoms with Crippen LogP contribution in [0.3, 0.4) is 0 Å². The number of ether oxygens (including phenoxy) is 1. The van der Waals surface area contributed by atoms with Crippen molar-refractivity contribution in [3.05, 3.63) is 18.0 Å². The molecule has 0 aliphatic carbocycles. The Hall–Kier alpha value is -0.870. The normalized spacial score (nSPS) is 16.5. The quantitative estimate of drug-likeness (QED) is 0.774. The number of hydrogen-bond donors (Lipinski definition) is 1. The van der Waals surface area contributed by atoms with E-state index in [0.29, 0.717) is 0 Å². The second kappa shape index (κ2) is 6.90. The first-order valence-corrected chi connectivity index (χ1v) is 6.94. The van der Waals surface area contributed by atoms with Gasteiger partial charge >= 0.3 is 0 Å². The highest BCUT2D eigenvalue weighted by molar-refractivity contribution is 5.15. The van der Waals surface area contributed by atoms with E-state index >= 15 is 0 Å². The number of rotatable bonds is 8. The molecular formula is C14H27N3O. The van der Waals surface area contributed by atoms with Crippen molar-refractivity contribution >= 4 is 0 Å². The van der Waals surface area contributed by atoms with E-state index < -0.39 is 0 Å². The Morgan fingerprint density at radius 2 is 2.17 bits per heavy atom. The van der Waals surface area contributed by atoms with Gasteiger partial charge in [-0.2, -0.15) is 5.10 Å². The molecule has 0 spiro atoms. The molecular weight excluding hydrogens is 226 g/mol. The van der Waals surface area contributed by atoms with Crippen molar-refractivity contribution in [3.63, 3.8) is 0 Å². The van der Waals surface area contributed by atoms with Gasteiger partial charge in [-0.1, -0.05) is 13.8 Å². The molecule has 4 heteroatoms. The Morgan fingerprint density at radius 3 is 2.67 bits per heavy atom. The largest absolute Gasteiger partial charge is 0.374 e. The van der Waals surface area contributed by atoms with Crippen LogP contribution in [-0.2, 0) is 11.3 Å². The third kappa shape index (κ3) is 3.33. The molecule has 0 bridgehead atoms. The fourth-order valence-electron chi connectivity index (χ4n) is 2.42. The molecule has 0 aliphatic heterocycles. The lowest BCUT2D eigenvalue weighted by Crippen LogP contribution is -2.42. The molecule has 0 saturated carbocycles. The van der Waals surface area contributed by atoms with Crippen molar-refractivity contribution < 1.29 is 4.74 Å². The lowest BCUT2D eigenvalue weighted by Gasteiger charge is -2.36. The van der Waals surface area contributed by atoms with Gasteiger partial charge in [-0.15, -0.1) is 0 Å². The first-order chi connectivity index (χ1) is 8.61. The number of aryl methyl sites for hydroxylation is 1. The molecule has 0 fully saturated rings. The smallest absolute Gasteiger partial charge is 0.0846 e. The van der Waals surface area contributed by atoms with E-state index in [1.165, 1.54) is 5.56 Å². The minimum atomic E-state index is -0.191. The fourth-order valence-corrected chi connectivity index (χ4v) is 2.42. The SMILES string of the molecule is CCCn1cc(C(NC)C(C)(CC)OCC)cn1. The number of nitrogens with zero attached hydrogens (tertiary/aromatic N) is 2.